The van der Waals surface area contributed by atoms with Crippen LogP contribution in [0.5, 0.6) is 0 Å². The molecular formula is C63H38N4OS. The van der Waals surface area contributed by atoms with Gasteiger partial charge in [-0.1, -0.05) is 152 Å². The molecule has 14 rings (SSSR count). The first-order valence-electron chi connectivity index (χ1n) is 23.2. The summed E-state index contributed by atoms with van der Waals surface area (Å²) in [6.45, 7) is 0. The van der Waals surface area contributed by atoms with Gasteiger partial charge < -0.3 is 8.98 Å². The highest BCUT2D eigenvalue weighted by Gasteiger charge is 2.19. The molecule has 0 radical (unpaired) electrons. The summed E-state index contributed by atoms with van der Waals surface area (Å²) in [6.07, 6.45) is 0. The van der Waals surface area contributed by atoms with Crippen molar-refractivity contribution >= 4 is 75.3 Å². The van der Waals surface area contributed by atoms with Crippen LogP contribution in [0.25, 0.3) is 137 Å². The van der Waals surface area contributed by atoms with Crippen LogP contribution in [-0.4, -0.2) is 19.5 Å². The summed E-state index contributed by atoms with van der Waals surface area (Å²) in [7, 11) is 0. The molecule has 0 saturated heterocycles. The van der Waals surface area contributed by atoms with Crippen molar-refractivity contribution in [3.63, 3.8) is 0 Å². The van der Waals surface area contributed by atoms with Crippen LogP contribution >= 0.6 is 11.3 Å². The maximum absolute atomic E-state index is 6.48. The summed E-state index contributed by atoms with van der Waals surface area (Å²) in [5.41, 5.74) is 14.6. The van der Waals surface area contributed by atoms with Crippen LogP contribution in [0.3, 0.4) is 0 Å². The van der Waals surface area contributed by atoms with Crippen molar-refractivity contribution in [2.24, 2.45) is 0 Å². The van der Waals surface area contributed by atoms with E-state index in [1.807, 2.05) is 17.4 Å². The molecule has 0 bridgehead atoms. The monoisotopic (exact) mass is 898 g/mol. The zero-order chi connectivity index (χ0) is 45.4. The van der Waals surface area contributed by atoms with Crippen molar-refractivity contribution in [1.82, 2.24) is 19.5 Å². The minimum absolute atomic E-state index is 0.601. The predicted octanol–water partition coefficient (Wildman–Crippen LogP) is 17.2. The van der Waals surface area contributed by atoms with Crippen LogP contribution in [-0.2, 0) is 0 Å². The van der Waals surface area contributed by atoms with Gasteiger partial charge in [0.05, 0.1) is 11.0 Å². The Labute approximate surface area is 400 Å². The van der Waals surface area contributed by atoms with Crippen molar-refractivity contribution in [2.75, 3.05) is 0 Å². The molecule has 5 nitrogen and oxygen atoms in total. The number of hydrogen-bond acceptors (Lipinski definition) is 5. The molecule has 4 heterocycles. The maximum Gasteiger partial charge on any atom is 0.164 e. The molecule has 0 aliphatic heterocycles. The van der Waals surface area contributed by atoms with Gasteiger partial charge in [-0.3, -0.25) is 0 Å². The van der Waals surface area contributed by atoms with E-state index in [0.29, 0.717) is 17.5 Å². The molecule has 4 aromatic heterocycles. The number of rotatable bonds is 7. The number of para-hydroxylation sites is 2. The van der Waals surface area contributed by atoms with Crippen molar-refractivity contribution < 1.29 is 4.42 Å². The molecule has 6 heteroatoms. The second kappa shape index (κ2) is 15.8. The summed E-state index contributed by atoms with van der Waals surface area (Å²) in [4.78, 5) is 15.8. The van der Waals surface area contributed by atoms with Crippen LogP contribution in [0, 0.1) is 0 Å². The van der Waals surface area contributed by atoms with Gasteiger partial charge >= 0.3 is 0 Å². The number of benzene rings is 10. The Morgan fingerprint density at radius 1 is 0.304 bits per heavy atom. The fourth-order valence-corrected chi connectivity index (χ4v) is 11.3. The normalized spacial score (nSPS) is 11.8. The Morgan fingerprint density at radius 3 is 1.48 bits per heavy atom. The van der Waals surface area contributed by atoms with E-state index < -0.39 is 0 Å². The lowest BCUT2D eigenvalue weighted by atomic mass is 9.99. The van der Waals surface area contributed by atoms with Gasteiger partial charge in [-0.15, -0.1) is 11.3 Å². The molecule has 14 aromatic rings. The Bertz CT molecular complexity index is 4320. The van der Waals surface area contributed by atoms with E-state index in [4.69, 9.17) is 19.4 Å². The fraction of sp³-hybridized carbons (Fsp3) is 0. The Balaban J connectivity index is 0.900. The highest BCUT2D eigenvalue weighted by atomic mass is 32.1. The first-order chi connectivity index (χ1) is 34.2. The molecule has 0 saturated carbocycles. The smallest absolute Gasteiger partial charge is 0.164 e. The summed E-state index contributed by atoms with van der Waals surface area (Å²) in [6, 6.07) is 81.5. The number of hydrogen-bond donors (Lipinski definition) is 0. The molecule has 10 aromatic carbocycles. The van der Waals surface area contributed by atoms with Gasteiger partial charge in [0.1, 0.15) is 11.2 Å². The number of thiophene rings is 1. The minimum atomic E-state index is 0.601. The van der Waals surface area contributed by atoms with Gasteiger partial charge in [-0.2, -0.15) is 0 Å². The number of nitrogens with zero attached hydrogens (tertiary/aromatic N) is 4. The van der Waals surface area contributed by atoms with E-state index in [0.717, 1.165) is 77.7 Å². The topological polar surface area (TPSA) is 56.7 Å². The number of fused-ring (bicyclic) bond motifs is 10. The van der Waals surface area contributed by atoms with Gasteiger partial charge in [-0.05, 0) is 112 Å². The first-order valence-corrected chi connectivity index (χ1v) is 24.0. The summed E-state index contributed by atoms with van der Waals surface area (Å²) in [5, 5.41) is 7.18. The predicted molar refractivity (Wildman–Crippen MR) is 287 cm³/mol. The summed E-state index contributed by atoms with van der Waals surface area (Å²) in [5.74, 6) is 1.81. The molecular weight excluding hydrogens is 861 g/mol. The molecule has 0 aliphatic rings. The minimum Gasteiger partial charge on any atom is -0.456 e. The molecule has 0 N–H and O–H groups in total. The molecule has 0 amide bonds. The van der Waals surface area contributed by atoms with E-state index in [2.05, 4.69) is 229 Å². The standard InChI is InChI=1S/C63H38N4OS/c1-3-14-39(15-4-1)40-16-11-19-45(34-40)61-64-62(46-20-12-17-41(35-46)43-28-30-54-51(37-43)49-24-7-9-26-53(49)67(54)48-22-5-2-6-23-48)66-63(65-61)47-21-13-18-42(36-47)44-29-31-55-52(38-44)59-56(68-55)32-33-58-60(59)50-25-8-10-27-57(50)69-58/h1-38H. The molecule has 0 aliphatic carbocycles. The summed E-state index contributed by atoms with van der Waals surface area (Å²) < 4.78 is 11.4. The third kappa shape index (κ3) is 6.64. The highest BCUT2D eigenvalue weighted by Crippen LogP contribution is 2.44. The van der Waals surface area contributed by atoms with Gasteiger partial charge in [0, 0.05) is 64.1 Å². The Hall–Kier alpha value is -8.97. The Kier molecular flexibility index (Phi) is 9.00. The lowest BCUT2D eigenvalue weighted by Gasteiger charge is -2.12. The van der Waals surface area contributed by atoms with E-state index in [-0.39, 0.29) is 0 Å². The number of furan rings is 1. The molecule has 0 spiro atoms. The van der Waals surface area contributed by atoms with E-state index >= 15 is 0 Å². The van der Waals surface area contributed by atoms with Crippen LogP contribution in [0.1, 0.15) is 0 Å². The molecule has 69 heavy (non-hydrogen) atoms. The van der Waals surface area contributed by atoms with Crippen LogP contribution in [0.4, 0.5) is 0 Å². The van der Waals surface area contributed by atoms with Gasteiger partial charge in [0.2, 0.25) is 0 Å². The van der Waals surface area contributed by atoms with Gasteiger partial charge in [-0.25, -0.2) is 15.0 Å². The van der Waals surface area contributed by atoms with Crippen LogP contribution in [0.2, 0.25) is 0 Å². The third-order valence-corrected chi connectivity index (χ3v) is 14.6. The Morgan fingerprint density at radius 2 is 0.797 bits per heavy atom. The average Bonchev–Trinajstić information content (AvgIpc) is 4.10. The lowest BCUT2D eigenvalue weighted by Crippen LogP contribution is -2.00. The SMILES string of the molecule is c1ccc(-c2cccc(-c3nc(-c4cccc(-c5ccc6oc7ccc8sc9ccccc9c8c7c6c5)c4)nc(-c4cccc(-c5ccc6c(c5)c5ccccc5n6-c5ccccc5)c4)n3)c2)cc1. The quantitative estimate of drug-likeness (QED) is 0.160. The zero-order valence-electron chi connectivity index (χ0n) is 37.0. The van der Waals surface area contributed by atoms with Crippen molar-refractivity contribution in [3.8, 4) is 73.2 Å². The third-order valence-electron chi connectivity index (χ3n) is 13.4. The molecule has 0 fully saturated rings. The second-order valence-corrected chi connectivity index (χ2v) is 18.6. The van der Waals surface area contributed by atoms with E-state index in [1.165, 1.54) is 42.0 Å². The van der Waals surface area contributed by atoms with E-state index in [1.54, 1.807) is 0 Å². The first kappa shape index (κ1) is 39.2. The maximum atomic E-state index is 6.48. The fourth-order valence-electron chi connectivity index (χ4n) is 10.2. The number of aromatic nitrogens is 4. The van der Waals surface area contributed by atoms with Crippen molar-refractivity contribution in [2.45, 2.75) is 0 Å². The van der Waals surface area contributed by atoms with Gasteiger partial charge in [0.15, 0.2) is 17.5 Å². The van der Waals surface area contributed by atoms with E-state index in [9.17, 15) is 0 Å². The largest absolute Gasteiger partial charge is 0.456 e. The average molecular weight is 899 g/mol. The molecule has 0 atom stereocenters. The molecule has 322 valence electrons. The second-order valence-electron chi connectivity index (χ2n) is 17.6. The summed E-state index contributed by atoms with van der Waals surface area (Å²) >= 11 is 1.83. The van der Waals surface area contributed by atoms with Crippen molar-refractivity contribution in [1.29, 1.82) is 0 Å². The highest BCUT2D eigenvalue weighted by molar-refractivity contribution is 7.26. The lowest BCUT2D eigenvalue weighted by molar-refractivity contribution is 0.669. The van der Waals surface area contributed by atoms with Gasteiger partial charge in [0.25, 0.3) is 0 Å². The van der Waals surface area contributed by atoms with Crippen molar-refractivity contribution in [3.05, 3.63) is 231 Å². The van der Waals surface area contributed by atoms with Crippen LogP contribution < -0.4 is 0 Å². The molecule has 0 unspecified atom stereocenters. The van der Waals surface area contributed by atoms with Crippen LogP contribution in [0.15, 0.2) is 235 Å². The zero-order valence-corrected chi connectivity index (χ0v) is 37.9.